The molecule has 8 heteroatoms. The van der Waals surface area contributed by atoms with Gasteiger partial charge in [0.2, 0.25) is 0 Å². The van der Waals surface area contributed by atoms with Crippen molar-refractivity contribution in [3.05, 3.63) is 29.8 Å². The number of nitrogens with one attached hydrogen (secondary N) is 1. The number of carbonyl (C=O) groups is 1. The zero-order chi connectivity index (χ0) is 17.8. The molecule has 2 rings (SSSR count). The number of carbonyl (C=O) groups excluding carboxylic acids is 1. The van der Waals surface area contributed by atoms with Crippen LogP contribution in [0.5, 0.6) is 0 Å². The van der Waals surface area contributed by atoms with Gasteiger partial charge in [0, 0.05) is 38.8 Å². The maximum Gasteiger partial charge on any atom is 0.393 e. The standard InChI is InChI=1S/C16H21F3N2O3/c1-21(11-15(23)6-8-24-9-7-15)14(22)20-13-4-2-12(3-5-13)10-16(17,18)19/h2-5,23H,6-11H2,1H3,(H,20,22). The number of aliphatic hydroxyl groups is 1. The molecule has 1 heterocycles. The van der Waals surface area contributed by atoms with Crippen LogP contribution in [0.2, 0.25) is 0 Å². The normalized spacial score (nSPS) is 17.4. The van der Waals surface area contributed by atoms with Crippen molar-refractivity contribution < 1.29 is 27.8 Å². The number of amides is 2. The summed E-state index contributed by atoms with van der Waals surface area (Å²) in [7, 11) is 1.56. The molecule has 0 spiro atoms. The maximum absolute atomic E-state index is 12.3. The number of rotatable bonds is 4. The Hall–Kier alpha value is -1.80. The molecule has 0 aromatic heterocycles. The quantitative estimate of drug-likeness (QED) is 0.881. The number of halogens is 3. The van der Waals surface area contributed by atoms with Crippen molar-refractivity contribution in [2.75, 3.05) is 32.1 Å². The Kier molecular flexibility index (Phi) is 5.71. The van der Waals surface area contributed by atoms with Crippen LogP contribution < -0.4 is 5.32 Å². The van der Waals surface area contributed by atoms with Crippen molar-refractivity contribution in [2.45, 2.75) is 31.0 Å². The number of alkyl halides is 3. The smallest absolute Gasteiger partial charge is 0.388 e. The fraction of sp³-hybridized carbons (Fsp3) is 0.562. The van der Waals surface area contributed by atoms with Gasteiger partial charge in [0.05, 0.1) is 18.6 Å². The predicted octanol–water partition coefficient (Wildman–Crippen LogP) is 2.80. The monoisotopic (exact) mass is 346 g/mol. The largest absolute Gasteiger partial charge is 0.393 e. The second-order valence-electron chi connectivity index (χ2n) is 6.11. The number of benzene rings is 1. The van der Waals surface area contributed by atoms with Crippen LogP contribution in [-0.4, -0.2) is 54.6 Å². The molecular formula is C16H21F3N2O3. The van der Waals surface area contributed by atoms with Gasteiger partial charge in [0.15, 0.2) is 0 Å². The number of nitrogens with zero attached hydrogens (tertiary/aromatic N) is 1. The average molecular weight is 346 g/mol. The van der Waals surface area contributed by atoms with Crippen LogP contribution in [0.3, 0.4) is 0 Å². The molecule has 1 saturated heterocycles. The third-order valence-corrected chi connectivity index (χ3v) is 3.91. The molecule has 0 atom stereocenters. The van der Waals surface area contributed by atoms with Gasteiger partial charge in [0.25, 0.3) is 0 Å². The van der Waals surface area contributed by atoms with Crippen LogP contribution >= 0.6 is 0 Å². The highest BCUT2D eigenvalue weighted by molar-refractivity contribution is 5.89. The molecule has 5 nitrogen and oxygen atoms in total. The van der Waals surface area contributed by atoms with E-state index in [-0.39, 0.29) is 12.1 Å². The lowest BCUT2D eigenvalue weighted by Gasteiger charge is -2.35. The summed E-state index contributed by atoms with van der Waals surface area (Å²) in [5, 5.41) is 13.0. The summed E-state index contributed by atoms with van der Waals surface area (Å²) < 4.78 is 42.1. The number of urea groups is 1. The van der Waals surface area contributed by atoms with Gasteiger partial charge < -0.3 is 20.1 Å². The van der Waals surface area contributed by atoms with Gasteiger partial charge in [0.1, 0.15) is 0 Å². The first-order valence-electron chi connectivity index (χ1n) is 7.65. The van der Waals surface area contributed by atoms with Crippen LogP contribution in [0.15, 0.2) is 24.3 Å². The van der Waals surface area contributed by atoms with Gasteiger partial charge in [-0.3, -0.25) is 0 Å². The summed E-state index contributed by atoms with van der Waals surface area (Å²) in [4.78, 5) is 13.5. The fourth-order valence-corrected chi connectivity index (χ4v) is 2.58. The minimum absolute atomic E-state index is 0.130. The number of likely N-dealkylation sites (N-methyl/N-ethyl adjacent to an activating group) is 1. The van der Waals surface area contributed by atoms with Gasteiger partial charge in [-0.2, -0.15) is 13.2 Å². The highest BCUT2D eigenvalue weighted by atomic mass is 19.4. The van der Waals surface area contributed by atoms with Crippen molar-refractivity contribution in [2.24, 2.45) is 0 Å². The third kappa shape index (κ3) is 5.68. The summed E-state index contributed by atoms with van der Waals surface area (Å²) >= 11 is 0. The van der Waals surface area contributed by atoms with Crippen molar-refractivity contribution in [3.8, 4) is 0 Å². The summed E-state index contributed by atoms with van der Waals surface area (Å²) in [5.74, 6) is 0. The first-order chi connectivity index (χ1) is 11.2. The van der Waals surface area contributed by atoms with Crippen molar-refractivity contribution in [3.63, 3.8) is 0 Å². The van der Waals surface area contributed by atoms with E-state index in [0.29, 0.717) is 31.7 Å². The van der Waals surface area contributed by atoms with E-state index in [1.54, 1.807) is 7.05 Å². The Morgan fingerprint density at radius 2 is 1.88 bits per heavy atom. The average Bonchev–Trinajstić information content (AvgIpc) is 2.48. The molecule has 0 radical (unpaired) electrons. The first kappa shape index (κ1) is 18.5. The Morgan fingerprint density at radius 1 is 1.29 bits per heavy atom. The summed E-state index contributed by atoms with van der Waals surface area (Å²) in [6, 6.07) is 5.08. The van der Waals surface area contributed by atoms with E-state index in [9.17, 15) is 23.1 Å². The summed E-state index contributed by atoms with van der Waals surface area (Å²) in [6.45, 7) is 1.06. The second kappa shape index (κ2) is 7.40. The predicted molar refractivity (Wildman–Crippen MR) is 82.9 cm³/mol. The highest BCUT2D eigenvalue weighted by Gasteiger charge is 2.32. The van der Waals surface area contributed by atoms with E-state index < -0.39 is 24.2 Å². The molecule has 0 saturated carbocycles. The maximum atomic E-state index is 12.3. The Labute approximate surface area is 138 Å². The molecule has 2 N–H and O–H groups in total. The van der Waals surface area contributed by atoms with Crippen LogP contribution in [0, 0.1) is 0 Å². The number of ether oxygens (including phenoxy) is 1. The van der Waals surface area contributed by atoms with E-state index >= 15 is 0 Å². The Morgan fingerprint density at radius 3 is 2.42 bits per heavy atom. The molecule has 1 aromatic rings. The summed E-state index contributed by atoms with van der Waals surface area (Å²) in [6.07, 6.45) is -4.35. The van der Waals surface area contributed by atoms with Crippen LogP contribution in [-0.2, 0) is 11.2 Å². The lowest BCUT2D eigenvalue weighted by molar-refractivity contribution is -0.127. The SMILES string of the molecule is CN(CC1(O)CCOCC1)C(=O)Nc1ccc(CC(F)(F)F)cc1. The second-order valence-corrected chi connectivity index (χ2v) is 6.11. The molecule has 0 unspecified atom stereocenters. The molecule has 134 valence electrons. The number of hydrogen-bond donors (Lipinski definition) is 2. The lowest BCUT2D eigenvalue weighted by Crippen LogP contribution is -2.48. The fourth-order valence-electron chi connectivity index (χ4n) is 2.58. The topological polar surface area (TPSA) is 61.8 Å². The Balaban J connectivity index is 1.89. The van der Waals surface area contributed by atoms with Gasteiger partial charge in [-0.25, -0.2) is 4.79 Å². The molecule has 0 bridgehead atoms. The zero-order valence-electron chi connectivity index (χ0n) is 13.4. The van der Waals surface area contributed by atoms with Crippen LogP contribution in [0.1, 0.15) is 18.4 Å². The molecule has 0 aliphatic carbocycles. The molecule has 1 aromatic carbocycles. The lowest BCUT2D eigenvalue weighted by atomic mass is 9.94. The summed E-state index contributed by atoms with van der Waals surface area (Å²) in [5.41, 5.74) is -0.442. The van der Waals surface area contributed by atoms with E-state index in [4.69, 9.17) is 4.74 Å². The minimum atomic E-state index is -4.26. The molecule has 1 fully saturated rings. The van der Waals surface area contributed by atoms with Gasteiger partial charge in [-0.15, -0.1) is 0 Å². The zero-order valence-corrected chi connectivity index (χ0v) is 13.4. The van der Waals surface area contributed by atoms with Crippen LogP contribution in [0.4, 0.5) is 23.7 Å². The first-order valence-corrected chi connectivity index (χ1v) is 7.65. The van der Waals surface area contributed by atoms with E-state index in [2.05, 4.69) is 5.32 Å². The molecule has 24 heavy (non-hydrogen) atoms. The molecule has 1 aliphatic heterocycles. The molecular weight excluding hydrogens is 325 g/mol. The molecule has 2 amide bonds. The minimum Gasteiger partial charge on any atom is -0.388 e. The number of anilines is 1. The Bertz CT molecular complexity index is 555. The molecule has 1 aliphatic rings. The van der Waals surface area contributed by atoms with Crippen molar-refractivity contribution >= 4 is 11.7 Å². The van der Waals surface area contributed by atoms with E-state index in [0.717, 1.165) is 0 Å². The van der Waals surface area contributed by atoms with Crippen LogP contribution in [0.25, 0.3) is 0 Å². The van der Waals surface area contributed by atoms with Crippen molar-refractivity contribution in [1.82, 2.24) is 4.90 Å². The third-order valence-electron chi connectivity index (χ3n) is 3.91. The van der Waals surface area contributed by atoms with Gasteiger partial charge >= 0.3 is 12.2 Å². The van der Waals surface area contributed by atoms with Gasteiger partial charge in [-0.05, 0) is 17.7 Å². The van der Waals surface area contributed by atoms with E-state index in [1.807, 2.05) is 0 Å². The number of hydrogen-bond acceptors (Lipinski definition) is 3. The van der Waals surface area contributed by atoms with E-state index in [1.165, 1.54) is 29.2 Å². The highest BCUT2D eigenvalue weighted by Crippen LogP contribution is 2.23. The van der Waals surface area contributed by atoms with Crippen molar-refractivity contribution in [1.29, 1.82) is 0 Å². The van der Waals surface area contributed by atoms with Gasteiger partial charge in [-0.1, -0.05) is 12.1 Å².